The summed E-state index contributed by atoms with van der Waals surface area (Å²) in [6, 6.07) is 3.37. The number of aliphatic carboxylic acids is 1. The van der Waals surface area contributed by atoms with Crippen LogP contribution in [-0.2, 0) is 9.53 Å². The third kappa shape index (κ3) is 2.85. The summed E-state index contributed by atoms with van der Waals surface area (Å²) >= 11 is 0. The Kier molecular flexibility index (Phi) is 4.18. The van der Waals surface area contributed by atoms with Gasteiger partial charge in [0.05, 0.1) is 13.7 Å². The molecule has 2 N–H and O–H groups in total. The number of rotatable bonds is 4. The van der Waals surface area contributed by atoms with Crippen molar-refractivity contribution in [2.45, 2.75) is 25.8 Å². The molecule has 0 saturated carbocycles. The highest BCUT2D eigenvalue weighted by Crippen LogP contribution is 2.25. The lowest BCUT2D eigenvalue weighted by molar-refractivity contribution is -0.144. The lowest BCUT2D eigenvalue weighted by atomic mass is 9.97. The molecule has 1 saturated heterocycles. The maximum Gasteiger partial charge on any atom is 0.331 e. The molecule has 1 aliphatic heterocycles. The van der Waals surface area contributed by atoms with Crippen LogP contribution in [-0.4, -0.2) is 42.8 Å². The number of amides is 1. The van der Waals surface area contributed by atoms with E-state index in [0.717, 1.165) is 16.9 Å². The number of ether oxygens (including phenoxy) is 2. The van der Waals surface area contributed by atoms with Gasteiger partial charge in [-0.2, -0.15) is 0 Å². The summed E-state index contributed by atoms with van der Waals surface area (Å²) in [5.74, 6) is -0.768. The standard InChI is InChI=1S/C15H19NO5/c1-9-6-11(7-10(2)12(9)20-3)13(17)16-15(14(18)19)4-5-21-8-15/h6-7H,4-5,8H2,1-3H3,(H,16,17)(H,18,19). The van der Waals surface area contributed by atoms with Crippen LogP contribution in [0.15, 0.2) is 12.1 Å². The van der Waals surface area contributed by atoms with E-state index < -0.39 is 17.4 Å². The van der Waals surface area contributed by atoms with Crippen LogP contribution in [0.4, 0.5) is 0 Å². The molecule has 1 aliphatic rings. The Morgan fingerprint density at radius 3 is 2.38 bits per heavy atom. The summed E-state index contributed by atoms with van der Waals surface area (Å²) in [7, 11) is 1.57. The fraction of sp³-hybridized carbons (Fsp3) is 0.467. The van der Waals surface area contributed by atoms with Crippen molar-refractivity contribution in [2.24, 2.45) is 0 Å². The largest absolute Gasteiger partial charge is 0.496 e. The molecule has 1 atom stereocenters. The van der Waals surface area contributed by atoms with E-state index in [1.807, 2.05) is 13.8 Å². The van der Waals surface area contributed by atoms with E-state index in [2.05, 4.69) is 5.32 Å². The second kappa shape index (κ2) is 5.73. The fourth-order valence-electron chi connectivity index (χ4n) is 2.58. The third-order valence-electron chi connectivity index (χ3n) is 3.71. The molecular weight excluding hydrogens is 274 g/mol. The van der Waals surface area contributed by atoms with Crippen molar-refractivity contribution in [3.8, 4) is 5.75 Å². The SMILES string of the molecule is COc1c(C)cc(C(=O)NC2(C(=O)O)CCOC2)cc1C. The average molecular weight is 293 g/mol. The van der Waals surface area contributed by atoms with Crippen molar-refractivity contribution in [3.63, 3.8) is 0 Å². The van der Waals surface area contributed by atoms with Crippen molar-refractivity contribution in [1.82, 2.24) is 5.32 Å². The minimum absolute atomic E-state index is 0.0117. The summed E-state index contributed by atoms with van der Waals surface area (Å²) in [6.07, 6.45) is 0.266. The molecule has 1 aromatic rings. The van der Waals surface area contributed by atoms with Crippen molar-refractivity contribution < 1.29 is 24.2 Å². The van der Waals surface area contributed by atoms with Crippen LogP contribution in [0.5, 0.6) is 5.75 Å². The quantitative estimate of drug-likeness (QED) is 0.873. The summed E-state index contributed by atoms with van der Waals surface area (Å²) in [5, 5.41) is 11.9. The average Bonchev–Trinajstić information content (AvgIpc) is 2.88. The number of benzene rings is 1. The van der Waals surface area contributed by atoms with Gasteiger partial charge in [0.2, 0.25) is 0 Å². The van der Waals surface area contributed by atoms with Gasteiger partial charge in [-0.1, -0.05) is 0 Å². The van der Waals surface area contributed by atoms with E-state index in [1.54, 1.807) is 19.2 Å². The minimum atomic E-state index is -1.33. The minimum Gasteiger partial charge on any atom is -0.496 e. The van der Waals surface area contributed by atoms with E-state index in [-0.39, 0.29) is 13.0 Å². The maximum absolute atomic E-state index is 12.3. The van der Waals surface area contributed by atoms with Gasteiger partial charge in [0.1, 0.15) is 5.75 Å². The van der Waals surface area contributed by atoms with Crippen molar-refractivity contribution in [2.75, 3.05) is 20.3 Å². The molecule has 0 bridgehead atoms. The molecule has 0 aromatic heterocycles. The van der Waals surface area contributed by atoms with E-state index in [9.17, 15) is 14.7 Å². The first-order chi connectivity index (χ1) is 9.89. The van der Waals surface area contributed by atoms with Crippen LogP contribution >= 0.6 is 0 Å². The maximum atomic E-state index is 12.3. The van der Waals surface area contributed by atoms with Crippen molar-refractivity contribution >= 4 is 11.9 Å². The van der Waals surface area contributed by atoms with Crippen LogP contribution in [0.1, 0.15) is 27.9 Å². The van der Waals surface area contributed by atoms with Crippen LogP contribution in [0.25, 0.3) is 0 Å². The lowest BCUT2D eigenvalue weighted by Crippen LogP contribution is -2.55. The highest BCUT2D eigenvalue weighted by Gasteiger charge is 2.44. The Morgan fingerprint density at radius 1 is 1.33 bits per heavy atom. The summed E-state index contributed by atoms with van der Waals surface area (Å²) in [4.78, 5) is 23.8. The molecule has 1 unspecified atom stereocenters. The third-order valence-corrected chi connectivity index (χ3v) is 3.71. The first-order valence-electron chi connectivity index (χ1n) is 6.68. The molecule has 1 fully saturated rings. The summed E-state index contributed by atoms with van der Waals surface area (Å²) in [6.45, 7) is 4.00. The summed E-state index contributed by atoms with van der Waals surface area (Å²) in [5.41, 5.74) is 0.737. The monoisotopic (exact) mass is 293 g/mol. The second-order valence-electron chi connectivity index (χ2n) is 5.29. The van der Waals surface area contributed by atoms with Gasteiger partial charge in [0.15, 0.2) is 5.54 Å². The molecule has 114 valence electrons. The number of hydrogen-bond donors (Lipinski definition) is 2. The Balaban J connectivity index is 2.26. The first kappa shape index (κ1) is 15.3. The Hall–Kier alpha value is -2.08. The molecular formula is C15H19NO5. The predicted octanol–water partition coefficient (Wildman–Crippen LogP) is 1.29. The van der Waals surface area contributed by atoms with Crippen LogP contribution in [0, 0.1) is 13.8 Å². The number of carbonyl (C=O) groups excluding carboxylic acids is 1. The zero-order valence-electron chi connectivity index (χ0n) is 12.4. The highest BCUT2D eigenvalue weighted by atomic mass is 16.5. The van der Waals surface area contributed by atoms with Gasteiger partial charge >= 0.3 is 5.97 Å². The predicted molar refractivity (Wildman–Crippen MR) is 75.7 cm³/mol. The van der Waals surface area contributed by atoms with Gasteiger partial charge < -0.3 is 19.9 Å². The lowest BCUT2D eigenvalue weighted by Gasteiger charge is -2.24. The van der Waals surface area contributed by atoms with Gasteiger partial charge in [-0.15, -0.1) is 0 Å². The highest BCUT2D eigenvalue weighted by molar-refractivity contribution is 5.98. The fourth-order valence-corrected chi connectivity index (χ4v) is 2.58. The van der Waals surface area contributed by atoms with E-state index in [4.69, 9.17) is 9.47 Å². The van der Waals surface area contributed by atoms with Crippen molar-refractivity contribution in [3.05, 3.63) is 28.8 Å². The molecule has 0 spiro atoms. The number of aryl methyl sites for hydroxylation is 2. The number of methoxy groups -OCH3 is 1. The molecule has 2 rings (SSSR count). The second-order valence-corrected chi connectivity index (χ2v) is 5.29. The molecule has 1 heterocycles. The Labute approximate surface area is 123 Å². The zero-order valence-corrected chi connectivity index (χ0v) is 12.4. The number of nitrogens with one attached hydrogen (secondary N) is 1. The molecule has 1 aromatic carbocycles. The topological polar surface area (TPSA) is 84.9 Å². The van der Waals surface area contributed by atoms with Gasteiger partial charge in [-0.05, 0) is 37.1 Å². The van der Waals surface area contributed by atoms with E-state index >= 15 is 0 Å². The number of carboxylic acid groups (broad SMARTS) is 1. The first-order valence-corrected chi connectivity index (χ1v) is 6.68. The molecule has 0 aliphatic carbocycles. The van der Waals surface area contributed by atoms with Crippen LogP contribution in [0.2, 0.25) is 0 Å². The van der Waals surface area contributed by atoms with E-state index in [1.165, 1.54) is 0 Å². The van der Waals surface area contributed by atoms with Gasteiger partial charge in [0.25, 0.3) is 5.91 Å². The number of carbonyl (C=O) groups is 2. The van der Waals surface area contributed by atoms with Crippen LogP contribution in [0.3, 0.4) is 0 Å². The summed E-state index contributed by atoms with van der Waals surface area (Å²) < 4.78 is 10.4. The molecule has 1 amide bonds. The Morgan fingerprint density at radius 2 is 1.95 bits per heavy atom. The smallest absolute Gasteiger partial charge is 0.331 e. The normalized spacial score (nSPS) is 21.1. The van der Waals surface area contributed by atoms with E-state index in [0.29, 0.717) is 12.2 Å². The molecule has 6 heteroatoms. The number of hydrogen-bond acceptors (Lipinski definition) is 4. The molecule has 21 heavy (non-hydrogen) atoms. The zero-order chi connectivity index (χ0) is 15.6. The van der Waals surface area contributed by atoms with Gasteiger partial charge in [-0.25, -0.2) is 4.79 Å². The van der Waals surface area contributed by atoms with Gasteiger partial charge in [-0.3, -0.25) is 4.79 Å². The molecule has 0 radical (unpaired) electrons. The molecule has 6 nitrogen and oxygen atoms in total. The Bertz CT molecular complexity index is 552. The van der Waals surface area contributed by atoms with Crippen LogP contribution < -0.4 is 10.1 Å². The van der Waals surface area contributed by atoms with Gasteiger partial charge in [0, 0.05) is 18.6 Å². The number of carboxylic acids is 1. The van der Waals surface area contributed by atoms with Crippen molar-refractivity contribution in [1.29, 1.82) is 0 Å².